The Morgan fingerprint density at radius 1 is 0.950 bits per heavy atom. The van der Waals surface area contributed by atoms with Crippen molar-refractivity contribution in [3.63, 3.8) is 0 Å². The van der Waals surface area contributed by atoms with Crippen molar-refractivity contribution in [3.8, 4) is 11.4 Å². The van der Waals surface area contributed by atoms with Crippen molar-refractivity contribution in [3.05, 3.63) is 47.8 Å². The van der Waals surface area contributed by atoms with Gasteiger partial charge >= 0.3 is 6.09 Å². The number of likely N-dealkylation sites (tertiary alicyclic amines) is 2. The average molecular weight is 556 g/mol. The maximum Gasteiger partial charge on any atom is 0.410 e. The molecule has 1 aliphatic carbocycles. The van der Waals surface area contributed by atoms with Crippen LogP contribution in [0.5, 0.6) is 0 Å². The number of aromatic nitrogens is 2. The van der Waals surface area contributed by atoms with Crippen LogP contribution >= 0.6 is 0 Å². The van der Waals surface area contributed by atoms with Gasteiger partial charge in [0.25, 0.3) is 11.8 Å². The summed E-state index contributed by atoms with van der Waals surface area (Å²) in [7, 11) is 0. The van der Waals surface area contributed by atoms with Crippen LogP contribution in [-0.2, 0) is 16.0 Å². The first-order valence-electron chi connectivity index (χ1n) is 13.8. The predicted octanol–water partition coefficient (Wildman–Crippen LogP) is 4.17. The lowest BCUT2D eigenvalue weighted by Crippen LogP contribution is -2.58. The third-order valence-corrected chi connectivity index (χ3v) is 7.35. The molecule has 1 aromatic heterocycles. The highest BCUT2D eigenvalue weighted by Gasteiger charge is 2.46. The van der Waals surface area contributed by atoms with E-state index in [0.29, 0.717) is 42.9 Å². The van der Waals surface area contributed by atoms with E-state index in [1.165, 1.54) is 12.4 Å². The van der Waals surface area contributed by atoms with Crippen LogP contribution in [0.1, 0.15) is 62.4 Å². The highest BCUT2D eigenvalue weighted by Crippen LogP contribution is 2.33. The standard InChI is InChI=1S/C29H35F2N5O4/c1-28(2,3)40-27(39)34-12-10-23(11-13-34)36(22-8-9-22)26(38)21-15-32-25(33-16-21)20-6-4-19(5-7-20)14-24(37)35-17-29(30,31)18-35/h4-7,15-16,22-23H,8-14,17-18H2,1-3H3. The van der Waals surface area contributed by atoms with E-state index in [9.17, 15) is 23.2 Å². The molecule has 1 saturated carbocycles. The molecule has 0 N–H and O–H groups in total. The number of benzene rings is 1. The number of hydrogen-bond donors (Lipinski definition) is 0. The smallest absolute Gasteiger partial charge is 0.410 e. The molecule has 0 spiro atoms. The number of alkyl halides is 2. The summed E-state index contributed by atoms with van der Waals surface area (Å²) in [6.45, 7) is 5.57. The molecule has 9 nitrogen and oxygen atoms in total. The first-order valence-corrected chi connectivity index (χ1v) is 13.8. The number of amides is 3. The van der Waals surface area contributed by atoms with Gasteiger partial charge in [0.1, 0.15) is 5.60 Å². The second-order valence-corrected chi connectivity index (χ2v) is 11.9. The fourth-order valence-electron chi connectivity index (χ4n) is 5.12. The van der Waals surface area contributed by atoms with E-state index in [4.69, 9.17) is 4.74 Å². The largest absolute Gasteiger partial charge is 0.444 e. The van der Waals surface area contributed by atoms with Crippen LogP contribution in [0.3, 0.4) is 0 Å². The lowest BCUT2D eigenvalue weighted by atomic mass is 10.0. The Morgan fingerprint density at radius 2 is 1.52 bits per heavy atom. The average Bonchev–Trinajstić information content (AvgIpc) is 3.72. The zero-order valence-electron chi connectivity index (χ0n) is 23.1. The highest BCUT2D eigenvalue weighted by molar-refractivity contribution is 5.94. The number of ether oxygens (including phenoxy) is 1. The Bertz CT molecular complexity index is 1240. The molecule has 40 heavy (non-hydrogen) atoms. The van der Waals surface area contributed by atoms with Crippen molar-refractivity contribution in [2.24, 2.45) is 0 Å². The van der Waals surface area contributed by atoms with Crippen molar-refractivity contribution in [2.45, 2.75) is 76.5 Å². The number of piperidine rings is 1. The summed E-state index contributed by atoms with van der Waals surface area (Å²) < 4.78 is 31.5. The molecule has 3 fully saturated rings. The lowest BCUT2D eigenvalue weighted by molar-refractivity contribution is -0.165. The Kier molecular flexibility index (Phi) is 7.50. The third kappa shape index (κ3) is 6.56. The van der Waals surface area contributed by atoms with Crippen LogP contribution in [0.25, 0.3) is 11.4 Å². The number of halogens is 2. The van der Waals surface area contributed by atoms with Gasteiger partial charge in [0.05, 0.1) is 25.1 Å². The molecule has 0 bridgehead atoms. The molecule has 2 aromatic rings. The summed E-state index contributed by atoms with van der Waals surface area (Å²) in [6.07, 6.45) is 6.12. The van der Waals surface area contributed by atoms with Gasteiger partial charge in [-0.05, 0) is 52.0 Å². The van der Waals surface area contributed by atoms with Crippen LogP contribution in [-0.4, -0.2) is 92.4 Å². The number of rotatable bonds is 6. The molecular formula is C29H35F2N5O4. The van der Waals surface area contributed by atoms with E-state index in [1.54, 1.807) is 29.2 Å². The molecule has 0 radical (unpaired) electrons. The van der Waals surface area contributed by atoms with Crippen LogP contribution < -0.4 is 0 Å². The molecular weight excluding hydrogens is 520 g/mol. The molecule has 0 atom stereocenters. The number of hydrogen-bond acceptors (Lipinski definition) is 6. The Balaban J connectivity index is 1.18. The molecule has 2 saturated heterocycles. The fourth-order valence-corrected chi connectivity index (χ4v) is 5.12. The van der Waals surface area contributed by atoms with Crippen LogP contribution in [0.4, 0.5) is 13.6 Å². The van der Waals surface area contributed by atoms with E-state index >= 15 is 0 Å². The zero-order valence-corrected chi connectivity index (χ0v) is 23.1. The first-order chi connectivity index (χ1) is 18.9. The van der Waals surface area contributed by atoms with E-state index in [2.05, 4.69) is 9.97 Å². The van der Waals surface area contributed by atoms with Crippen molar-refractivity contribution < 1.29 is 27.9 Å². The van der Waals surface area contributed by atoms with E-state index in [-0.39, 0.29) is 36.4 Å². The van der Waals surface area contributed by atoms with Gasteiger partial charge in [-0.15, -0.1) is 0 Å². The van der Waals surface area contributed by atoms with Crippen LogP contribution in [0, 0.1) is 0 Å². The Hall–Kier alpha value is -3.63. The fraction of sp³-hybridized carbons (Fsp3) is 0.552. The molecule has 2 aliphatic heterocycles. The summed E-state index contributed by atoms with van der Waals surface area (Å²) in [5.41, 5.74) is 1.31. The summed E-state index contributed by atoms with van der Waals surface area (Å²) in [5.74, 6) is -2.76. The SMILES string of the molecule is CC(C)(C)OC(=O)N1CCC(N(C(=O)c2cnc(-c3ccc(CC(=O)N4CC(F)(F)C4)cc3)nc2)C2CC2)CC1. The molecule has 3 aliphatic rings. The highest BCUT2D eigenvalue weighted by atomic mass is 19.3. The minimum absolute atomic E-state index is 0.0381. The van der Waals surface area contributed by atoms with Crippen LogP contribution in [0.15, 0.2) is 36.7 Å². The summed E-state index contributed by atoms with van der Waals surface area (Å²) >= 11 is 0. The predicted molar refractivity (Wildman–Crippen MR) is 143 cm³/mol. The van der Waals surface area contributed by atoms with Gasteiger partial charge in [-0.3, -0.25) is 9.59 Å². The van der Waals surface area contributed by atoms with Gasteiger partial charge in [0, 0.05) is 43.1 Å². The number of nitrogens with zero attached hydrogens (tertiary/aromatic N) is 5. The zero-order chi connectivity index (χ0) is 28.7. The second kappa shape index (κ2) is 10.7. The molecule has 1 aromatic carbocycles. The van der Waals surface area contributed by atoms with E-state index in [1.807, 2.05) is 25.7 Å². The third-order valence-electron chi connectivity index (χ3n) is 7.35. The number of carbonyl (C=O) groups excluding carboxylic acids is 3. The van der Waals surface area contributed by atoms with Gasteiger partial charge in [-0.25, -0.2) is 23.5 Å². The van der Waals surface area contributed by atoms with Gasteiger partial charge in [0.2, 0.25) is 5.91 Å². The molecule has 5 rings (SSSR count). The van der Waals surface area contributed by atoms with Gasteiger partial charge < -0.3 is 19.4 Å². The Labute approximate surface area is 232 Å². The maximum atomic E-state index is 13.5. The topological polar surface area (TPSA) is 95.9 Å². The van der Waals surface area contributed by atoms with Crippen molar-refractivity contribution >= 4 is 17.9 Å². The molecule has 3 amide bonds. The minimum Gasteiger partial charge on any atom is -0.444 e. The van der Waals surface area contributed by atoms with Crippen molar-refractivity contribution in [2.75, 3.05) is 26.2 Å². The summed E-state index contributed by atoms with van der Waals surface area (Å²) in [5, 5.41) is 0. The maximum absolute atomic E-state index is 13.5. The summed E-state index contributed by atoms with van der Waals surface area (Å²) in [4.78, 5) is 51.8. The molecule has 3 heterocycles. The lowest BCUT2D eigenvalue weighted by Gasteiger charge is -2.39. The normalized spacial score (nSPS) is 19.1. The first kappa shape index (κ1) is 27.9. The van der Waals surface area contributed by atoms with Gasteiger partial charge in [-0.2, -0.15) is 0 Å². The second-order valence-electron chi connectivity index (χ2n) is 11.9. The van der Waals surface area contributed by atoms with E-state index < -0.39 is 24.6 Å². The summed E-state index contributed by atoms with van der Waals surface area (Å²) in [6, 6.07) is 7.30. The molecule has 214 valence electrons. The van der Waals surface area contributed by atoms with Gasteiger partial charge in [0.15, 0.2) is 5.82 Å². The monoisotopic (exact) mass is 555 g/mol. The molecule has 0 unspecified atom stereocenters. The molecule has 11 heteroatoms. The van der Waals surface area contributed by atoms with Crippen molar-refractivity contribution in [1.29, 1.82) is 0 Å². The van der Waals surface area contributed by atoms with Crippen molar-refractivity contribution in [1.82, 2.24) is 24.7 Å². The number of carbonyl (C=O) groups is 3. The van der Waals surface area contributed by atoms with E-state index in [0.717, 1.165) is 23.3 Å². The van der Waals surface area contributed by atoms with Gasteiger partial charge in [-0.1, -0.05) is 24.3 Å². The minimum atomic E-state index is -2.78. The quantitative estimate of drug-likeness (QED) is 0.531. The Morgan fingerprint density at radius 3 is 2.05 bits per heavy atom. The van der Waals surface area contributed by atoms with Crippen LogP contribution in [0.2, 0.25) is 0 Å².